The van der Waals surface area contributed by atoms with Gasteiger partial charge in [-0.15, -0.1) is 0 Å². The molecule has 0 bridgehead atoms. The van der Waals surface area contributed by atoms with Gasteiger partial charge in [-0.3, -0.25) is 9.59 Å². The number of carbonyl (C=O) groups excluding carboxylic acids is 2. The highest BCUT2D eigenvalue weighted by Crippen LogP contribution is 2.21. The summed E-state index contributed by atoms with van der Waals surface area (Å²) in [6, 6.07) is 7.37. The molecule has 0 spiro atoms. The van der Waals surface area contributed by atoms with Crippen molar-refractivity contribution in [3.05, 3.63) is 28.7 Å². The topological polar surface area (TPSA) is 70.6 Å². The summed E-state index contributed by atoms with van der Waals surface area (Å²) in [5.41, 5.74) is 3.73. The van der Waals surface area contributed by atoms with Crippen molar-refractivity contribution in [2.24, 2.45) is 5.10 Å². The van der Waals surface area contributed by atoms with Gasteiger partial charge < -0.3 is 5.32 Å². The Kier molecular flexibility index (Phi) is 7.68. The number of nitrogens with zero attached hydrogens (tertiary/aromatic N) is 1. The van der Waals surface area contributed by atoms with Crippen LogP contribution in [0.2, 0.25) is 0 Å². The minimum Gasteiger partial charge on any atom is -0.325 e. The third kappa shape index (κ3) is 7.04. The van der Waals surface area contributed by atoms with Gasteiger partial charge in [0.25, 0.3) is 0 Å². The fourth-order valence-electron chi connectivity index (χ4n) is 1.58. The Bertz CT molecular complexity index is 529. The number of unbranched alkanes of at least 4 members (excludes halogenated alkanes) is 1. The van der Waals surface area contributed by atoms with Crippen LogP contribution in [0.25, 0.3) is 0 Å². The molecule has 0 saturated carbocycles. The molecule has 114 valence electrons. The van der Waals surface area contributed by atoms with Crippen LogP contribution in [-0.4, -0.2) is 17.5 Å². The van der Waals surface area contributed by atoms with Crippen LogP contribution in [0.1, 0.15) is 39.5 Å². The molecule has 0 unspecified atom stereocenters. The Morgan fingerprint density at radius 1 is 1.24 bits per heavy atom. The molecule has 0 aliphatic rings. The van der Waals surface area contributed by atoms with Crippen LogP contribution in [0.15, 0.2) is 33.8 Å². The first-order valence-electron chi connectivity index (χ1n) is 6.89. The summed E-state index contributed by atoms with van der Waals surface area (Å²) in [6.07, 6.45) is 2.39. The van der Waals surface area contributed by atoms with E-state index in [9.17, 15) is 9.59 Å². The number of hydrazone groups is 1. The summed E-state index contributed by atoms with van der Waals surface area (Å²) < 4.78 is 0.820. The van der Waals surface area contributed by atoms with Crippen molar-refractivity contribution in [2.75, 3.05) is 5.32 Å². The molecule has 0 saturated heterocycles. The summed E-state index contributed by atoms with van der Waals surface area (Å²) in [6.45, 7) is 3.73. The number of hydrogen-bond donors (Lipinski definition) is 2. The van der Waals surface area contributed by atoms with Crippen LogP contribution >= 0.6 is 15.9 Å². The number of carbonyl (C=O) groups is 2. The lowest BCUT2D eigenvalue weighted by Crippen LogP contribution is -2.21. The van der Waals surface area contributed by atoms with Crippen molar-refractivity contribution in [1.82, 2.24) is 5.43 Å². The first-order chi connectivity index (χ1) is 10.0. The zero-order valence-electron chi connectivity index (χ0n) is 12.3. The van der Waals surface area contributed by atoms with Crippen LogP contribution in [0.5, 0.6) is 0 Å². The molecule has 0 fully saturated rings. The monoisotopic (exact) mass is 353 g/mol. The SMILES string of the molecule is CCCCC(=O)N/N=C(/C)CC(=O)Nc1ccccc1Br. The van der Waals surface area contributed by atoms with Gasteiger partial charge in [-0.25, -0.2) is 5.43 Å². The number of rotatable bonds is 7. The molecule has 0 aliphatic carbocycles. The van der Waals surface area contributed by atoms with Crippen molar-refractivity contribution in [3.8, 4) is 0 Å². The van der Waals surface area contributed by atoms with E-state index in [1.807, 2.05) is 25.1 Å². The molecular formula is C15H20BrN3O2. The van der Waals surface area contributed by atoms with E-state index in [-0.39, 0.29) is 18.2 Å². The largest absolute Gasteiger partial charge is 0.325 e. The first kappa shape index (κ1) is 17.4. The van der Waals surface area contributed by atoms with Gasteiger partial charge in [-0.05, 0) is 41.4 Å². The second-order valence-electron chi connectivity index (χ2n) is 4.69. The number of hydrogen-bond acceptors (Lipinski definition) is 3. The average Bonchev–Trinajstić information content (AvgIpc) is 2.45. The molecule has 21 heavy (non-hydrogen) atoms. The number of anilines is 1. The predicted molar refractivity (Wildman–Crippen MR) is 88.2 cm³/mol. The second-order valence-corrected chi connectivity index (χ2v) is 5.54. The average molecular weight is 354 g/mol. The number of amides is 2. The maximum Gasteiger partial charge on any atom is 0.240 e. The molecule has 1 aromatic rings. The van der Waals surface area contributed by atoms with E-state index in [0.29, 0.717) is 17.8 Å². The summed E-state index contributed by atoms with van der Waals surface area (Å²) >= 11 is 3.36. The van der Waals surface area contributed by atoms with Gasteiger partial charge in [-0.2, -0.15) is 5.10 Å². The lowest BCUT2D eigenvalue weighted by atomic mass is 10.2. The quantitative estimate of drug-likeness (QED) is 0.582. The summed E-state index contributed by atoms with van der Waals surface area (Å²) in [7, 11) is 0. The number of nitrogens with one attached hydrogen (secondary N) is 2. The molecule has 1 rings (SSSR count). The number of para-hydroxylation sites is 1. The smallest absolute Gasteiger partial charge is 0.240 e. The van der Waals surface area contributed by atoms with E-state index in [2.05, 4.69) is 31.8 Å². The molecule has 0 aromatic heterocycles. The molecule has 0 heterocycles. The summed E-state index contributed by atoms with van der Waals surface area (Å²) in [5.74, 6) is -0.298. The van der Waals surface area contributed by atoms with Gasteiger partial charge in [-0.1, -0.05) is 25.5 Å². The summed E-state index contributed by atoms with van der Waals surface area (Å²) in [5, 5.41) is 6.71. The molecular weight excluding hydrogens is 334 g/mol. The van der Waals surface area contributed by atoms with Crippen LogP contribution in [0, 0.1) is 0 Å². The van der Waals surface area contributed by atoms with Crippen LogP contribution < -0.4 is 10.7 Å². The van der Waals surface area contributed by atoms with E-state index < -0.39 is 0 Å². The van der Waals surface area contributed by atoms with E-state index >= 15 is 0 Å². The van der Waals surface area contributed by atoms with Crippen LogP contribution in [-0.2, 0) is 9.59 Å². The van der Waals surface area contributed by atoms with Crippen LogP contribution in [0.4, 0.5) is 5.69 Å². The fraction of sp³-hybridized carbons (Fsp3) is 0.400. The predicted octanol–water partition coefficient (Wildman–Crippen LogP) is 3.46. The highest BCUT2D eigenvalue weighted by atomic mass is 79.9. The Hall–Kier alpha value is -1.69. The highest BCUT2D eigenvalue weighted by Gasteiger charge is 2.07. The van der Waals surface area contributed by atoms with Gasteiger partial charge in [0.2, 0.25) is 11.8 Å². The minimum atomic E-state index is -0.175. The molecule has 0 atom stereocenters. The van der Waals surface area contributed by atoms with Crippen molar-refractivity contribution < 1.29 is 9.59 Å². The Labute approximate surface area is 133 Å². The molecule has 2 N–H and O–H groups in total. The van der Waals surface area contributed by atoms with Crippen LogP contribution in [0.3, 0.4) is 0 Å². The standard InChI is InChI=1S/C15H20BrN3O2/c1-3-4-9-14(20)19-18-11(2)10-15(21)17-13-8-6-5-7-12(13)16/h5-8H,3-4,9-10H2,1-2H3,(H,17,21)(H,19,20)/b18-11-. The Morgan fingerprint density at radius 3 is 2.62 bits per heavy atom. The van der Waals surface area contributed by atoms with Crippen molar-refractivity contribution in [3.63, 3.8) is 0 Å². The Balaban J connectivity index is 2.43. The second kappa shape index (κ2) is 9.28. The number of halogens is 1. The third-order valence-electron chi connectivity index (χ3n) is 2.69. The highest BCUT2D eigenvalue weighted by molar-refractivity contribution is 9.10. The zero-order chi connectivity index (χ0) is 15.7. The lowest BCUT2D eigenvalue weighted by molar-refractivity contribution is -0.121. The van der Waals surface area contributed by atoms with Gasteiger partial charge in [0, 0.05) is 16.6 Å². The maximum atomic E-state index is 11.9. The molecule has 2 amide bonds. The minimum absolute atomic E-state index is 0.123. The van der Waals surface area contributed by atoms with E-state index in [1.54, 1.807) is 13.0 Å². The van der Waals surface area contributed by atoms with Gasteiger partial charge >= 0.3 is 0 Å². The van der Waals surface area contributed by atoms with E-state index in [1.165, 1.54) is 0 Å². The lowest BCUT2D eigenvalue weighted by Gasteiger charge is -2.07. The third-order valence-corrected chi connectivity index (χ3v) is 3.38. The molecule has 0 radical (unpaired) electrons. The first-order valence-corrected chi connectivity index (χ1v) is 7.68. The zero-order valence-corrected chi connectivity index (χ0v) is 13.9. The fourth-order valence-corrected chi connectivity index (χ4v) is 1.96. The maximum absolute atomic E-state index is 11.9. The number of benzene rings is 1. The molecule has 6 heteroatoms. The molecule has 0 aliphatic heterocycles. The van der Waals surface area contributed by atoms with E-state index in [4.69, 9.17) is 0 Å². The normalized spacial score (nSPS) is 11.1. The van der Waals surface area contributed by atoms with Gasteiger partial charge in [0.1, 0.15) is 0 Å². The van der Waals surface area contributed by atoms with Crippen molar-refractivity contribution >= 4 is 39.1 Å². The van der Waals surface area contributed by atoms with Gasteiger partial charge in [0.05, 0.1) is 12.1 Å². The van der Waals surface area contributed by atoms with Crippen molar-refractivity contribution in [1.29, 1.82) is 0 Å². The summed E-state index contributed by atoms with van der Waals surface area (Å²) in [4.78, 5) is 23.3. The molecule has 1 aromatic carbocycles. The van der Waals surface area contributed by atoms with Crippen molar-refractivity contribution in [2.45, 2.75) is 39.5 Å². The van der Waals surface area contributed by atoms with Gasteiger partial charge in [0.15, 0.2) is 0 Å². The Morgan fingerprint density at radius 2 is 1.95 bits per heavy atom. The van der Waals surface area contributed by atoms with E-state index in [0.717, 1.165) is 17.3 Å². The molecule has 5 nitrogen and oxygen atoms in total.